The van der Waals surface area contributed by atoms with E-state index in [1.54, 1.807) is 18.2 Å². The Balaban J connectivity index is 2.55. The lowest BCUT2D eigenvalue weighted by molar-refractivity contribution is 0.398. The Morgan fingerprint density at radius 2 is 2.00 bits per heavy atom. The number of benzene rings is 1. The van der Waals surface area contributed by atoms with Crippen molar-refractivity contribution in [2.75, 3.05) is 12.8 Å². The molecule has 0 bridgehead atoms. The van der Waals surface area contributed by atoms with Crippen molar-refractivity contribution in [3.05, 3.63) is 40.4 Å². The molecule has 18 heavy (non-hydrogen) atoms. The molecule has 0 aliphatic carbocycles. The largest absolute Gasteiger partial charge is 0.481 e. The van der Waals surface area contributed by atoms with E-state index in [-0.39, 0.29) is 0 Å². The van der Waals surface area contributed by atoms with Crippen molar-refractivity contribution in [3.63, 3.8) is 0 Å². The second-order valence-electron chi connectivity index (χ2n) is 3.60. The molecule has 0 saturated heterocycles. The lowest BCUT2D eigenvalue weighted by atomic mass is 10.1. The minimum atomic E-state index is 0.369. The molecule has 2 N–H and O–H groups in total. The summed E-state index contributed by atoms with van der Waals surface area (Å²) in [4.78, 5) is 4.07. The Kier molecular flexibility index (Phi) is 3.49. The molecule has 0 aliphatic heterocycles. The molecular formula is C13H10BrN3O. The standard InChI is InChI=1S/C13H10BrN3O/c1-18-11-6-10(12(14)13(16)17-11)9-4-2-8(7-15)3-5-9/h2-6H,1H3,(H2,16,17). The van der Waals surface area contributed by atoms with E-state index in [2.05, 4.69) is 27.0 Å². The zero-order valence-electron chi connectivity index (χ0n) is 9.64. The third kappa shape index (κ3) is 2.29. The Bertz CT molecular complexity index is 617. The van der Waals surface area contributed by atoms with Crippen molar-refractivity contribution in [1.29, 1.82) is 5.26 Å². The minimum Gasteiger partial charge on any atom is -0.481 e. The Hall–Kier alpha value is -2.06. The number of nitriles is 1. The summed E-state index contributed by atoms with van der Waals surface area (Å²) in [5.74, 6) is 0.823. The van der Waals surface area contributed by atoms with Gasteiger partial charge in [-0.2, -0.15) is 10.2 Å². The number of hydrogen-bond acceptors (Lipinski definition) is 4. The summed E-state index contributed by atoms with van der Waals surface area (Å²) in [6.07, 6.45) is 0. The van der Waals surface area contributed by atoms with Crippen LogP contribution in [0.1, 0.15) is 5.56 Å². The van der Waals surface area contributed by atoms with Gasteiger partial charge in [0.2, 0.25) is 5.88 Å². The van der Waals surface area contributed by atoms with Gasteiger partial charge in [0.25, 0.3) is 0 Å². The van der Waals surface area contributed by atoms with Crippen LogP contribution in [0.3, 0.4) is 0 Å². The van der Waals surface area contributed by atoms with Crippen molar-refractivity contribution in [1.82, 2.24) is 4.98 Å². The van der Waals surface area contributed by atoms with Gasteiger partial charge in [0.05, 0.1) is 23.2 Å². The monoisotopic (exact) mass is 303 g/mol. The highest BCUT2D eigenvalue weighted by molar-refractivity contribution is 9.10. The summed E-state index contributed by atoms with van der Waals surface area (Å²) >= 11 is 3.41. The molecule has 0 spiro atoms. The van der Waals surface area contributed by atoms with Crippen LogP contribution >= 0.6 is 15.9 Å². The predicted octanol–water partition coefficient (Wildman–Crippen LogP) is 2.97. The van der Waals surface area contributed by atoms with Crippen LogP contribution in [0, 0.1) is 11.3 Å². The molecule has 2 rings (SSSR count). The fourth-order valence-corrected chi connectivity index (χ4v) is 2.00. The van der Waals surface area contributed by atoms with Crippen molar-refractivity contribution in [3.8, 4) is 23.1 Å². The molecule has 90 valence electrons. The molecule has 0 unspecified atom stereocenters. The van der Waals surface area contributed by atoms with Crippen LogP contribution in [0.5, 0.6) is 5.88 Å². The first-order valence-electron chi connectivity index (χ1n) is 5.16. The molecule has 5 heteroatoms. The van der Waals surface area contributed by atoms with E-state index in [1.165, 1.54) is 7.11 Å². The molecule has 1 aromatic heterocycles. The average Bonchev–Trinajstić information content (AvgIpc) is 2.42. The number of hydrogen-bond donors (Lipinski definition) is 1. The first kappa shape index (κ1) is 12.4. The number of methoxy groups -OCH3 is 1. The zero-order valence-corrected chi connectivity index (χ0v) is 11.2. The van der Waals surface area contributed by atoms with Gasteiger partial charge < -0.3 is 10.5 Å². The van der Waals surface area contributed by atoms with Crippen LogP contribution in [0.2, 0.25) is 0 Å². The van der Waals surface area contributed by atoms with Gasteiger partial charge in [0, 0.05) is 11.6 Å². The Morgan fingerprint density at radius 1 is 1.33 bits per heavy atom. The van der Waals surface area contributed by atoms with Gasteiger partial charge >= 0.3 is 0 Å². The number of nitrogen functional groups attached to an aromatic ring is 1. The summed E-state index contributed by atoms with van der Waals surface area (Å²) in [7, 11) is 1.54. The van der Waals surface area contributed by atoms with Crippen molar-refractivity contribution >= 4 is 21.7 Å². The maximum atomic E-state index is 8.77. The summed E-state index contributed by atoms with van der Waals surface area (Å²) in [5, 5.41) is 8.77. The molecule has 0 amide bonds. The van der Waals surface area contributed by atoms with Crippen LogP contribution in [0.25, 0.3) is 11.1 Å². The molecule has 1 heterocycles. The van der Waals surface area contributed by atoms with Crippen LogP contribution in [-0.2, 0) is 0 Å². The van der Waals surface area contributed by atoms with Crippen LogP contribution in [0.4, 0.5) is 5.82 Å². The summed E-state index contributed by atoms with van der Waals surface area (Å²) in [6, 6.07) is 11.1. The number of nitrogens with two attached hydrogens (primary N) is 1. The number of halogens is 1. The van der Waals surface area contributed by atoms with Crippen LogP contribution < -0.4 is 10.5 Å². The molecule has 0 saturated carbocycles. The highest BCUT2D eigenvalue weighted by Crippen LogP contribution is 2.34. The van der Waals surface area contributed by atoms with E-state index in [0.29, 0.717) is 21.7 Å². The molecule has 0 aliphatic rings. The Labute approximate surface area is 113 Å². The smallest absolute Gasteiger partial charge is 0.215 e. The van der Waals surface area contributed by atoms with Gasteiger partial charge in [-0.3, -0.25) is 0 Å². The van der Waals surface area contributed by atoms with E-state index in [0.717, 1.165) is 11.1 Å². The van der Waals surface area contributed by atoms with Crippen LogP contribution in [0.15, 0.2) is 34.8 Å². The lowest BCUT2D eigenvalue weighted by Crippen LogP contribution is -1.97. The van der Waals surface area contributed by atoms with Crippen molar-refractivity contribution < 1.29 is 4.74 Å². The van der Waals surface area contributed by atoms with Gasteiger partial charge in [0.1, 0.15) is 5.82 Å². The lowest BCUT2D eigenvalue weighted by Gasteiger charge is -2.09. The third-order valence-electron chi connectivity index (χ3n) is 2.49. The number of anilines is 1. The van der Waals surface area contributed by atoms with E-state index in [4.69, 9.17) is 15.7 Å². The summed E-state index contributed by atoms with van der Waals surface area (Å²) < 4.78 is 5.81. The second kappa shape index (κ2) is 5.07. The third-order valence-corrected chi connectivity index (χ3v) is 3.33. The van der Waals surface area contributed by atoms with E-state index >= 15 is 0 Å². The maximum absolute atomic E-state index is 8.77. The van der Waals surface area contributed by atoms with Gasteiger partial charge in [0.15, 0.2) is 0 Å². The fourth-order valence-electron chi connectivity index (χ4n) is 1.56. The molecule has 1 aromatic carbocycles. The van der Waals surface area contributed by atoms with Gasteiger partial charge in [-0.1, -0.05) is 12.1 Å². The number of ether oxygens (including phenoxy) is 1. The van der Waals surface area contributed by atoms with Crippen LogP contribution in [-0.4, -0.2) is 12.1 Å². The minimum absolute atomic E-state index is 0.369. The number of pyridine rings is 1. The molecule has 0 atom stereocenters. The molecule has 0 fully saturated rings. The number of rotatable bonds is 2. The zero-order chi connectivity index (χ0) is 13.1. The highest BCUT2D eigenvalue weighted by Gasteiger charge is 2.10. The molecule has 0 radical (unpaired) electrons. The van der Waals surface area contributed by atoms with E-state index < -0.39 is 0 Å². The quantitative estimate of drug-likeness (QED) is 0.926. The van der Waals surface area contributed by atoms with Gasteiger partial charge in [-0.15, -0.1) is 0 Å². The topological polar surface area (TPSA) is 71.9 Å². The Morgan fingerprint density at radius 3 is 2.56 bits per heavy atom. The maximum Gasteiger partial charge on any atom is 0.215 e. The van der Waals surface area contributed by atoms with Crippen molar-refractivity contribution in [2.45, 2.75) is 0 Å². The number of aromatic nitrogens is 1. The number of nitrogens with zero attached hydrogens (tertiary/aromatic N) is 2. The second-order valence-corrected chi connectivity index (χ2v) is 4.39. The highest BCUT2D eigenvalue weighted by atomic mass is 79.9. The molecule has 2 aromatic rings. The molecular weight excluding hydrogens is 294 g/mol. The summed E-state index contributed by atoms with van der Waals surface area (Å²) in [6.45, 7) is 0. The van der Waals surface area contributed by atoms with E-state index in [1.807, 2.05) is 12.1 Å². The predicted molar refractivity (Wildman–Crippen MR) is 73.1 cm³/mol. The van der Waals surface area contributed by atoms with Gasteiger partial charge in [-0.05, 0) is 33.6 Å². The molecule has 4 nitrogen and oxygen atoms in total. The first-order valence-corrected chi connectivity index (χ1v) is 5.95. The SMILES string of the molecule is COc1cc(-c2ccc(C#N)cc2)c(Br)c(N)n1. The fraction of sp³-hybridized carbons (Fsp3) is 0.0769. The van der Waals surface area contributed by atoms with Crippen molar-refractivity contribution in [2.24, 2.45) is 0 Å². The normalized spacial score (nSPS) is 9.83. The first-order chi connectivity index (χ1) is 8.65. The summed E-state index contributed by atoms with van der Waals surface area (Å²) in [5.41, 5.74) is 8.23. The van der Waals surface area contributed by atoms with E-state index in [9.17, 15) is 0 Å². The average molecular weight is 304 g/mol. The van der Waals surface area contributed by atoms with Gasteiger partial charge in [-0.25, -0.2) is 0 Å².